The van der Waals surface area contributed by atoms with E-state index in [1.54, 1.807) is 0 Å². The predicted molar refractivity (Wildman–Crippen MR) is 77.3 cm³/mol. The lowest BCUT2D eigenvalue weighted by Gasteiger charge is -2.01. The van der Waals surface area contributed by atoms with E-state index in [2.05, 4.69) is 6.92 Å². The Morgan fingerprint density at radius 2 is 1.47 bits per heavy atom. The number of rotatable bonds is 9. The highest BCUT2D eigenvalue weighted by molar-refractivity contribution is 8.93. The summed E-state index contributed by atoms with van der Waals surface area (Å²) < 4.78 is 0. The van der Waals surface area contributed by atoms with Gasteiger partial charge >= 0.3 is 0 Å². The molecule has 0 rings (SSSR count). The molecule has 0 aliphatic rings. The fraction of sp³-hybridized carbons (Fsp3) is 0.909. The zero-order valence-electron chi connectivity index (χ0n) is 9.76. The van der Waals surface area contributed by atoms with Crippen LogP contribution in [0.1, 0.15) is 58.3 Å². The van der Waals surface area contributed by atoms with Gasteiger partial charge in [-0.25, -0.2) is 0 Å². The molecule has 0 amide bonds. The van der Waals surface area contributed by atoms with Crippen LogP contribution >= 0.6 is 28.7 Å². The molecule has 0 aromatic carbocycles. The van der Waals surface area contributed by atoms with Gasteiger partial charge in [0.1, 0.15) is 0 Å². The molecule has 0 spiro atoms. The minimum atomic E-state index is 0. The quantitative estimate of drug-likeness (QED) is 0.378. The highest BCUT2D eigenvalue weighted by Crippen LogP contribution is 2.10. The lowest BCUT2D eigenvalue weighted by Crippen LogP contribution is -2.04. The first-order valence-corrected chi connectivity index (χ1v) is 6.72. The highest BCUT2D eigenvalue weighted by atomic mass is 79.9. The smallest absolute Gasteiger partial charge is 0.151 e. The molecule has 0 unspecified atom stereocenters. The van der Waals surface area contributed by atoms with Crippen molar-refractivity contribution in [3.05, 3.63) is 0 Å². The largest absolute Gasteiger partial charge is 0.379 e. The Kier molecular flexibility index (Phi) is 16.9. The van der Waals surface area contributed by atoms with Gasteiger partial charge in [0.25, 0.3) is 0 Å². The van der Waals surface area contributed by atoms with Crippen LogP contribution in [0.25, 0.3) is 0 Å². The molecule has 0 saturated carbocycles. The van der Waals surface area contributed by atoms with E-state index in [1.165, 1.54) is 63.1 Å². The lowest BCUT2D eigenvalue weighted by molar-refractivity contribution is 0.586. The molecule has 0 bridgehead atoms. The second-order valence-corrected chi connectivity index (χ2v) is 4.82. The number of hydrogen-bond acceptors (Lipinski definition) is 2. The first-order chi connectivity index (χ1) is 6.77. The first-order valence-electron chi connectivity index (χ1n) is 5.74. The van der Waals surface area contributed by atoms with E-state index in [0.29, 0.717) is 0 Å². The van der Waals surface area contributed by atoms with Crippen LogP contribution in [-0.2, 0) is 0 Å². The summed E-state index contributed by atoms with van der Waals surface area (Å²) in [5, 5.41) is 7.28. The van der Waals surface area contributed by atoms with Crippen molar-refractivity contribution < 1.29 is 0 Å². The van der Waals surface area contributed by atoms with E-state index in [-0.39, 0.29) is 22.1 Å². The summed E-state index contributed by atoms with van der Waals surface area (Å²) in [7, 11) is 0. The van der Waals surface area contributed by atoms with Crippen LogP contribution in [0, 0.1) is 5.41 Å². The SMILES string of the molecule is Br.CCCCCCCCCCSC(=N)N. The normalized spacial score (nSPS) is 9.67. The van der Waals surface area contributed by atoms with Crippen molar-refractivity contribution >= 4 is 33.9 Å². The number of halogens is 1. The number of amidine groups is 1. The minimum absolute atomic E-state index is 0. The third-order valence-corrected chi connectivity index (χ3v) is 3.06. The van der Waals surface area contributed by atoms with Gasteiger partial charge in [-0.05, 0) is 6.42 Å². The average molecular weight is 297 g/mol. The zero-order valence-corrected chi connectivity index (χ0v) is 12.3. The van der Waals surface area contributed by atoms with Crippen molar-refractivity contribution in [2.24, 2.45) is 5.73 Å². The second kappa shape index (κ2) is 14.3. The fourth-order valence-electron chi connectivity index (χ4n) is 1.42. The predicted octanol–water partition coefficient (Wildman–Crippen LogP) is 4.33. The number of unbranched alkanes of at least 4 members (excludes halogenated alkanes) is 7. The van der Waals surface area contributed by atoms with Crippen LogP contribution < -0.4 is 5.73 Å². The molecule has 0 fully saturated rings. The average Bonchev–Trinajstić information content (AvgIpc) is 2.15. The van der Waals surface area contributed by atoms with E-state index >= 15 is 0 Å². The highest BCUT2D eigenvalue weighted by Gasteiger charge is 1.93. The molecule has 92 valence electrons. The van der Waals surface area contributed by atoms with Crippen LogP contribution in [0.3, 0.4) is 0 Å². The van der Waals surface area contributed by atoms with Crippen LogP contribution in [0.15, 0.2) is 0 Å². The number of nitrogens with two attached hydrogens (primary N) is 1. The molecule has 0 aliphatic carbocycles. The summed E-state index contributed by atoms with van der Waals surface area (Å²) in [4.78, 5) is 0. The van der Waals surface area contributed by atoms with Crippen LogP contribution in [0.5, 0.6) is 0 Å². The summed E-state index contributed by atoms with van der Waals surface area (Å²) in [5.74, 6) is 1.02. The molecule has 4 heteroatoms. The summed E-state index contributed by atoms with van der Waals surface area (Å²) in [5.41, 5.74) is 5.23. The van der Waals surface area contributed by atoms with Crippen LogP contribution in [-0.4, -0.2) is 10.9 Å². The Morgan fingerprint density at radius 3 is 1.93 bits per heavy atom. The molecule has 2 nitrogen and oxygen atoms in total. The van der Waals surface area contributed by atoms with Gasteiger partial charge < -0.3 is 5.73 Å². The first kappa shape index (κ1) is 17.7. The molecule has 0 aromatic heterocycles. The van der Waals surface area contributed by atoms with E-state index < -0.39 is 0 Å². The van der Waals surface area contributed by atoms with E-state index in [9.17, 15) is 0 Å². The van der Waals surface area contributed by atoms with Gasteiger partial charge in [-0.2, -0.15) is 0 Å². The van der Waals surface area contributed by atoms with Crippen molar-refractivity contribution in [2.45, 2.75) is 58.3 Å². The summed E-state index contributed by atoms with van der Waals surface area (Å²) in [6.45, 7) is 2.25. The standard InChI is InChI=1S/C11H24N2S.BrH/c1-2-3-4-5-6-7-8-9-10-14-11(12)13;/h2-10H2,1H3,(H3,12,13);1H. The molecular formula is C11H25BrN2S. The van der Waals surface area contributed by atoms with Gasteiger partial charge in [-0.3, -0.25) is 5.41 Å². The Balaban J connectivity index is 0. The van der Waals surface area contributed by atoms with Crippen molar-refractivity contribution in [1.29, 1.82) is 5.41 Å². The van der Waals surface area contributed by atoms with Crippen LogP contribution in [0.2, 0.25) is 0 Å². The third-order valence-electron chi connectivity index (χ3n) is 2.26. The maximum atomic E-state index is 7.03. The minimum Gasteiger partial charge on any atom is -0.379 e. The number of thioether (sulfide) groups is 1. The summed E-state index contributed by atoms with van der Waals surface area (Å²) in [6.07, 6.45) is 10.7. The molecule has 3 N–H and O–H groups in total. The maximum absolute atomic E-state index is 7.03. The summed E-state index contributed by atoms with van der Waals surface area (Å²) in [6, 6.07) is 0. The van der Waals surface area contributed by atoms with E-state index in [4.69, 9.17) is 11.1 Å². The van der Waals surface area contributed by atoms with Crippen molar-refractivity contribution in [1.82, 2.24) is 0 Å². The third kappa shape index (κ3) is 16.9. The zero-order chi connectivity index (χ0) is 10.6. The number of nitrogens with one attached hydrogen (secondary N) is 1. The second-order valence-electron chi connectivity index (χ2n) is 3.69. The molecule has 0 saturated heterocycles. The monoisotopic (exact) mass is 296 g/mol. The van der Waals surface area contributed by atoms with Gasteiger partial charge in [0, 0.05) is 5.75 Å². The molecular weight excluding hydrogens is 272 g/mol. The van der Waals surface area contributed by atoms with Crippen molar-refractivity contribution in [3.63, 3.8) is 0 Å². The van der Waals surface area contributed by atoms with E-state index in [0.717, 1.165) is 5.75 Å². The van der Waals surface area contributed by atoms with Crippen LogP contribution in [0.4, 0.5) is 0 Å². The molecule has 15 heavy (non-hydrogen) atoms. The Bertz CT molecular complexity index is 143. The van der Waals surface area contributed by atoms with Gasteiger partial charge in [0.2, 0.25) is 0 Å². The molecule has 0 radical (unpaired) electrons. The number of hydrogen-bond donors (Lipinski definition) is 2. The van der Waals surface area contributed by atoms with E-state index in [1.807, 2.05) is 0 Å². The summed E-state index contributed by atoms with van der Waals surface area (Å²) >= 11 is 1.46. The lowest BCUT2D eigenvalue weighted by atomic mass is 10.1. The maximum Gasteiger partial charge on any atom is 0.151 e. The van der Waals surface area contributed by atoms with Gasteiger partial charge in [-0.15, -0.1) is 17.0 Å². The van der Waals surface area contributed by atoms with Crippen molar-refractivity contribution in [2.75, 3.05) is 5.75 Å². The van der Waals surface area contributed by atoms with Gasteiger partial charge in [-0.1, -0.05) is 63.6 Å². The van der Waals surface area contributed by atoms with Gasteiger partial charge in [0.05, 0.1) is 0 Å². The van der Waals surface area contributed by atoms with Gasteiger partial charge in [0.15, 0.2) is 5.17 Å². The molecule has 0 aromatic rings. The molecule has 0 atom stereocenters. The Morgan fingerprint density at radius 1 is 1.00 bits per heavy atom. The topological polar surface area (TPSA) is 49.9 Å². The fourth-order valence-corrected chi connectivity index (χ4v) is 1.99. The van der Waals surface area contributed by atoms with Crippen molar-refractivity contribution in [3.8, 4) is 0 Å². The molecule has 0 heterocycles. The Labute approximate surface area is 109 Å². The Hall–Kier alpha value is 0.300. The molecule has 0 aliphatic heterocycles.